The first-order valence-electron chi connectivity index (χ1n) is 9.95. The Morgan fingerprint density at radius 1 is 0.759 bits per heavy atom. The molecule has 0 radical (unpaired) electrons. The van der Waals surface area contributed by atoms with Crippen LogP contribution in [0.5, 0.6) is 0 Å². The molecule has 0 N–H and O–H groups in total. The molecule has 29 heavy (non-hydrogen) atoms. The highest BCUT2D eigenvalue weighted by Gasteiger charge is 2.37. The molecule has 3 aromatic carbocycles. The number of rotatable bonds is 1. The standard InChI is InChI=1S/C26H20N2O/c1-15-24-23(17-10-5-7-14-21(17)29-24)28-25(27-15)18-11-8-13-20-22(18)16-9-4-6-12-19(16)26(20,2)3/h4-14H,1-3H3. The number of aromatic nitrogens is 2. The van der Waals surface area contributed by atoms with Crippen molar-refractivity contribution in [2.75, 3.05) is 0 Å². The normalized spacial score (nSPS) is 14.3. The molecule has 0 spiro atoms. The third-order valence-corrected chi connectivity index (χ3v) is 6.24. The number of aryl methyl sites for hydroxylation is 1. The first kappa shape index (κ1) is 16.5. The Bertz CT molecular complexity index is 1440. The van der Waals surface area contributed by atoms with Gasteiger partial charge in [0.25, 0.3) is 0 Å². The van der Waals surface area contributed by atoms with E-state index in [1.807, 2.05) is 25.1 Å². The fraction of sp³-hybridized carbons (Fsp3) is 0.154. The van der Waals surface area contributed by atoms with Crippen molar-refractivity contribution in [3.63, 3.8) is 0 Å². The van der Waals surface area contributed by atoms with Crippen molar-refractivity contribution in [3.05, 3.63) is 83.6 Å². The van der Waals surface area contributed by atoms with Crippen LogP contribution in [-0.2, 0) is 5.41 Å². The Kier molecular flexibility index (Phi) is 3.15. The van der Waals surface area contributed by atoms with Crippen molar-refractivity contribution in [1.29, 1.82) is 0 Å². The smallest absolute Gasteiger partial charge is 0.175 e. The summed E-state index contributed by atoms with van der Waals surface area (Å²) in [5, 5.41) is 1.03. The quantitative estimate of drug-likeness (QED) is 0.328. The summed E-state index contributed by atoms with van der Waals surface area (Å²) in [4.78, 5) is 9.85. The maximum absolute atomic E-state index is 6.03. The van der Waals surface area contributed by atoms with Crippen LogP contribution < -0.4 is 0 Å². The average molecular weight is 376 g/mol. The average Bonchev–Trinajstić information content (AvgIpc) is 3.23. The van der Waals surface area contributed by atoms with E-state index in [1.54, 1.807) is 0 Å². The highest BCUT2D eigenvalue weighted by Crippen LogP contribution is 2.51. The van der Waals surface area contributed by atoms with E-state index < -0.39 is 0 Å². The lowest BCUT2D eigenvalue weighted by molar-refractivity contribution is 0.660. The second-order valence-electron chi connectivity index (χ2n) is 8.31. The minimum Gasteiger partial charge on any atom is -0.452 e. The summed E-state index contributed by atoms with van der Waals surface area (Å²) in [6, 6.07) is 23.2. The number of fused-ring (bicyclic) bond motifs is 6. The predicted octanol–water partition coefficient (Wildman–Crippen LogP) is 6.66. The van der Waals surface area contributed by atoms with Crippen LogP contribution in [0.4, 0.5) is 0 Å². The van der Waals surface area contributed by atoms with E-state index in [4.69, 9.17) is 14.4 Å². The van der Waals surface area contributed by atoms with Crippen molar-refractivity contribution in [1.82, 2.24) is 9.97 Å². The van der Waals surface area contributed by atoms with E-state index in [9.17, 15) is 0 Å². The number of para-hydroxylation sites is 1. The van der Waals surface area contributed by atoms with Gasteiger partial charge in [0.1, 0.15) is 11.1 Å². The summed E-state index contributed by atoms with van der Waals surface area (Å²) in [5.74, 6) is 0.755. The Hall–Kier alpha value is -3.46. The molecule has 2 heterocycles. The minimum absolute atomic E-state index is 0.0383. The fourth-order valence-electron chi connectivity index (χ4n) is 4.79. The summed E-state index contributed by atoms with van der Waals surface area (Å²) < 4.78 is 6.03. The van der Waals surface area contributed by atoms with E-state index in [0.29, 0.717) is 0 Å². The Balaban J connectivity index is 1.69. The Morgan fingerprint density at radius 2 is 1.48 bits per heavy atom. The molecule has 0 amide bonds. The molecule has 0 aliphatic heterocycles. The molecular formula is C26H20N2O. The molecule has 3 nitrogen and oxygen atoms in total. The van der Waals surface area contributed by atoms with Gasteiger partial charge < -0.3 is 4.42 Å². The third-order valence-electron chi connectivity index (χ3n) is 6.24. The second-order valence-corrected chi connectivity index (χ2v) is 8.31. The molecule has 0 saturated heterocycles. The van der Waals surface area contributed by atoms with E-state index >= 15 is 0 Å². The van der Waals surface area contributed by atoms with Crippen LogP contribution in [0.2, 0.25) is 0 Å². The van der Waals surface area contributed by atoms with Gasteiger partial charge in [-0.25, -0.2) is 9.97 Å². The largest absolute Gasteiger partial charge is 0.452 e. The summed E-state index contributed by atoms with van der Waals surface area (Å²) in [7, 11) is 0. The van der Waals surface area contributed by atoms with Gasteiger partial charge in [-0.15, -0.1) is 0 Å². The summed E-state index contributed by atoms with van der Waals surface area (Å²) >= 11 is 0. The highest BCUT2D eigenvalue weighted by molar-refractivity contribution is 6.04. The lowest BCUT2D eigenvalue weighted by Crippen LogP contribution is -2.14. The van der Waals surface area contributed by atoms with Crippen molar-refractivity contribution >= 4 is 22.1 Å². The monoisotopic (exact) mass is 376 g/mol. The zero-order valence-electron chi connectivity index (χ0n) is 16.7. The van der Waals surface area contributed by atoms with Gasteiger partial charge in [0.15, 0.2) is 11.4 Å². The van der Waals surface area contributed by atoms with Crippen LogP contribution in [0.15, 0.2) is 71.1 Å². The van der Waals surface area contributed by atoms with Gasteiger partial charge in [-0.1, -0.05) is 68.4 Å². The van der Waals surface area contributed by atoms with E-state index in [0.717, 1.165) is 39.2 Å². The van der Waals surface area contributed by atoms with Gasteiger partial charge in [0.05, 0.1) is 5.69 Å². The molecule has 140 valence electrons. The maximum Gasteiger partial charge on any atom is 0.175 e. The number of nitrogens with zero attached hydrogens (tertiary/aromatic N) is 2. The van der Waals surface area contributed by atoms with E-state index in [1.165, 1.54) is 22.3 Å². The number of hydrogen-bond donors (Lipinski definition) is 0. The molecule has 1 aliphatic rings. The number of benzene rings is 3. The van der Waals surface area contributed by atoms with Gasteiger partial charge in [-0.05, 0) is 41.3 Å². The molecule has 2 aromatic heterocycles. The van der Waals surface area contributed by atoms with Crippen molar-refractivity contribution < 1.29 is 4.42 Å². The van der Waals surface area contributed by atoms with Crippen LogP contribution in [0.3, 0.4) is 0 Å². The molecule has 1 aliphatic carbocycles. The van der Waals surface area contributed by atoms with Gasteiger partial charge in [-0.3, -0.25) is 0 Å². The molecule has 0 bridgehead atoms. The molecule has 0 fully saturated rings. The summed E-state index contributed by atoms with van der Waals surface area (Å²) in [6.45, 7) is 6.58. The van der Waals surface area contributed by atoms with Crippen molar-refractivity contribution in [2.45, 2.75) is 26.2 Å². The number of hydrogen-bond acceptors (Lipinski definition) is 3. The maximum atomic E-state index is 6.03. The molecule has 0 unspecified atom stereocenters. The molecule has 0 saturated carbocycles. The Morgan fingerprint density at radius 3 is 2.38 bits per heavy atom. The topological polar surface area (TPSA) is 38.9 Å². The lowest BCUT2D eigenvalue weighted by atomic mass is 9.82. The van der Waals surface area contributed by atoms with E-state index in [-0.39, 0.29) is 5.41 Å². The fourth-order valence-corrected chi connectivity index (χ4v) is 4.79. The SMILES string of the molecule is Cc1nc(-c2cccc3c2-c2ccccc2C3(C)C)nc2c1oc1ccccc12. The van der Waals surface area contributed by atoms with Crippen LogP contribution in [-0.4, -0.2) is 9.97 Å². The molecule has 5 aromatic rings. The van der Waals surface area contributed by atoms with Gasteiger partial charge in [0, 0.05) is 16.4 Å². The van der Waals surface area contributed by atoms with Crippen LogP contribution in [0.25, 0.3) is 44.6 Å². The van der Waals surface area contributed by atoms with Crippen molar-refractivity contribution in [3.8, 4) is 22.5 Å². The Labute approximate surface area is 169 Å². The van der Waals surface area contributed by atoms with Crippen LogP contribution >= 0.6 is 0 Å². The molecule has 6 rings (SSSR count). The highest BCUT2D eigenvalue weighted by atomic mass is 16.3. The van der Waals surface area contributed by atoms with Gasteiger partial charge in [0.2, 0.25) is 0 Å². The summed E-state index contributed by atoms with van der Waals surface area (Å²) in [6.07, 6.45) is 0. The van der Waals surface area contributed by atoms with Crippen molar-refractivity contribution in [2.24, 2.45) is 0 Å². The molecular weight excluding hydrogens is 356 g/mol. The minimum atomic E-state index is -0.0383. The zero-order chi connectivity index (χ0) is 19.8. The van der Waals surface area contributed by atoms with Gasteiger partial charge >= 0.3 is 0 Å². The van der Waals surface area contributed by atoms with Crippen LogP contribution in [0, 0.1) is 6.92 Å². The molecule has 3 heteroatoms. The first-order chi connectivity index (χ1) is 14.1. The number of furan rings is 1. The third kappa shape index (κ3) is 2.13. The lowest BCUT2D eigenvalue weighted by Gasteiger charge is -2.21. The molecule has 0 atom stereocenters. The van der Waals surface area contributed by atoms with E-state index in [2.05, 4.69) is 62.4 Å². The predicted molar refractivity (Wildman–Crippen MR) is 117 cm³/mol. The second kappa shape index (κ2) is 5.54. The first-order valence-corrected chi connectivity index (χ1v) is 9.95. The summed E-state index contributed by atoms with van der Waals surface area (Å²) in [5.41, 5.74) is 9.62. The van der Waals surface area contributed by atoms with Crippen LogP contribution in [0.1, 0.15) is 30.7 Å². The zero-order valence-corrected chi connectivity index (χ0v) is 16.7. The van der Waals surface area contributed by atoms with Gasteiger partial charge in [-0.2, -0.15) is 0 Å².